The molecule has 1 nitrogen and oxygen atoms in total. The summed E-state index contributed by atoms with van der Waals surface area (Å²) in [5.74, 6) is 1.31. The van der Waals surface area contributed by atoms with Crippen molar-refractivity contribution in [2.45, 2.75) is 30.7 Å². The lowest BCUT2D eigenvalue weighted by atomic mass is 9.71. The molecule has 102 valence electrons. The maximum atomic E-state index is 2.57. The lowest BCUT2D eigenvalue weighted by Gasteiger charge is -2.37. The van der Waals surface area contributed by atoms with Crippen molar-refractivity contribution in [3.05, 3.63) is 71.3 Å². The van der Waals surface area contributed by atoms with Crippen molar-refractivity contribution in [1.82, 2.24) is 4.90 Å². The Hall–Kier alpha value is -1.60. The van der Waals surface area contributed by atoms with Crippen LogP contribution in [0, 0.1) is 0 Å². The molecule has 20 heavy (non-hydrogen) atoms. The van der Waals surface area contributed by atoms with Gasteiger partial charge in [-0.05, 0) is 43.1 Å². The fourth-order valence-electron chi connectivity index (χ4n) is 4.25. The van der Waals surface area contributed by atoms with Gasteiger partial charge < -0.3 is 4.90 Å². The number of rotatable bonds is 1. The second-order valence-electron chi connectivity index (χ2n) is 6.27. The number of hydrogen-bond acceptors (Lipinski definition) is 1. The maximum absolute atomic E-state index is 2.57. The zero-order valence-electron chi connectivity index (χ0n) is 12.0. The highest BCUT2D eigenvalue weighted by molar-refractivity contribution is 5.44. The molecular weight excluding hydrogens is 242 g/mol. The minimum absolute atomic E-state index is 0.564. The number of likely N-dealkylation sites (tertiary alicyclic amines) is 1. The number of fused-ring (bicyclic) bond motifs is 3. The van der Waals surface area contributed by atoms with Crippen LogP contribution in [0.2, 0.25) is 0 Å². The molecule has 1 heterocycles. The van der Waals surface area contributed by atoms with Crippen LogP contribution in [-0.4, -0.2) is 24.5 Å². The van der Waals surface area contributed by atoms with Crippen LogP contribution in [0.25, 0.3) is 0 Å². The summed E-state index contributed by atoms with van der Waals surface area (Å²) in [6.45, 7) is 1.24. The normalized spacial score (nSPS) is 28.9. The molecule has 4 rings (SSSR count). The van der Waals surface area contributed by atoms with Crippen molar-refractivity contribution >= 4 is 0 Å². The van der Waals surface area contributed by atoms with Gasteiger partial charge in [0.05, 0.1) is 0 Å². The molecule has 1 saturated heterocycles. The second kappa shape index (κ2) is 4.75. The lowest BCUT2D eigenvalue weighted by Crippen LogP contribution is -2.34. The predicted octanol–water partition coefficient (Wildman–Crippen LogP) is 4.01. The standard InChI is InChI=1S/C19H21N/c1-20-12-11-17-15-9-5-6-10-16(15)18(13-19(17)20)14-7-3-2-4-8-14/h2-10,17-19H,11-13H2,1H3/t17?,18?,19-/m0/s1. The molecule has 2 unspecified atom stereocenters. The average Bonchev–Trinajstić information content (AvgIpc) is 2.89. The Bertz CT molecular complexity index is 604. The smallest absolute Gasteiger partial charge is 0.0170 e. The summed E-state index contributed by atoms with van der Waals surface area (Å²) in [6, 6.07) is 20.9. The number of benzene rings is 2. The Morgan fingerprint density at radius 2 is 1.60 bits per heavy atom. The molecule has 0 saturated carbocycles. The summed E-state index contributed by atoms with van der Waals surface area (Å²) in [5.41, 5.74) is 4.64. The van der Waals surface area contributed by atoms with Crippen molar-refractivity contribution in [2.24, 2.45) is 0 Å². The van der Waals surface area contributed by atoms with Crippen molar-refractivity contribution in [1.29, 1.82) is 0 Å². The van der Waals surface area contributed by atoms with Crippen LogP contribution in [0.5, 0.6) is 0 Å². The Morgan fingerprint density at radius 1 is 0.900 bits per heavy atom. The lowest BCUT2D eigenvalue weighted by molar-refractivity contribution is 0.265. The van der Waals surface area contributed by atoms with Gasteiger partial charge in [-0.15, -0.1) is 0 Å². The second-order valence-corrected chi connectivity index (χ2v) is 6.27. The molecule has 0 radical (unpaired) electrons. The summed E-state index contributed by atoms with van der Waals surface area (Å²) in [7, 11) is 2.29. The summed E-state index contributed by atoms with van der Waals surface area (Å²) < 4.78 is 0. The first kappa shape index (κ1) is 12.2. The number of nitrogens with zero attached hydrogens (tertiary/aromatic N) is 1. The van der Waals surface area contributed by atoms with Crippen LogP contribution in [0.3, 0.4) is 0 Å². The fourth-order valence-corrected chi connectivity index (χ4v) is 4.25. The van der Waals surface area contributed by atoms with E-state index in [-0.39, 0.29) is 0 Å². The van der Waals surface area contributed by atoms with Gasteiger partial charge >= 0.3 is 0 Å². The molecule has 1 aliphatic heterocycles. The van der Waals surface area contributed by atoms with Gasteiger partial charge in [0.25, 0.3) is 0 Å². The molecule has 0 amide bonds. The molecule has 1 fully saturated rings. The van der Waals surface area contributed by atoms with E-state index in [1.807, 2.05) is 0 Å². The zero-order chi connectivity index (χ0) is 13.5. The number of hydrogen-bond donors (Lipinski definition) is 0. The summed E-state index contributed by atoms with van der Waals surface area (Å²) in [6.07, 6.45) is 2.59. The molecule has 1 aliphatic carbocycles. The maximum Gasteiger partial charge on any atom is 0.0170 e. The van der Waals surface area contributed by atoms with E-state index in [1.54, 1.807) is 11.1 Å². The zero-order valence-corrected chi connectivity index (χ0v) is 12.0. The van der Waals surface area contributed by atoms with Gasteiger partial charge in [0, 0.05) is 17.9 Å². The van der Waals surface area contributed by atoms with E-state index < -0.39 is 0 Å². The van der Waals surface area contributed by atoms with Crippen LogP contribution >= 0.6 is 0 Å². The van der Waals surface area contributed by atoms with Crippen LogP contribution < -0.4 is 0 Å². The van der Waals surface area contributed by atoms with Crippen molar-refractivity contribution in [3.8, 4) is 0 Å². The molecule has 0 spiro atoms. The minimum Gasteiger partial charge on any atom is -0.303 e. The van der Waals surface area contributed by atoms with Crippen molar-refractivity contribution in [2.75, 3.05) is 13.6 Å². The van der Waals surface area contributed by atoms with E-state index in [2.05, 4.69) is 66.5 Å². The molecule has 0 N–H and O–H groups in total. The molecule has 0 bridgehead atoms. The third-order valence-corrected chi connectivity index (χ3v) is 5.27. The molecule has 1 heteroatoms. The molecule has 2 aromatic carbocycles. The highest BCUT2D eigenvalue weighted by atomic mass is 15.2. The first-order valence-corrected chi connectivity index (χ1v) is 7.68. The van der Waals surface area contributed by atoms with Gasteiger partial charge in [-0.3, -0.25) is 0 Å². The van der Waals surface area contributed by atoms with Gasteiger partial charge in [0.2, 0.25) is 0 Å². The van der Waals surface area contributed by atoms with E-state index in [0.29, 0.717) is 5.92 Å². The third-order valence-electron chi connectivity index (χ3n) is 5.27. The highest BCUT2D eigenvalue weighted by Gasteiger charge is 2.40. The van der Waals surface area contributed by atoms with E-state index in [0.717, 1.165) is 12.0 Å². The Balaban J connectivity index is 1.83. The summed E-state index contributed by atoms with van der Waals surface area (Å²) in [5, 5.41) is 0. The van der Waals surface area contributed by atoms with E-state index in [1.165, 1.54) is 24.9 Å². The molecule has 2 aliphatic rings. The molecular formula is C19H21N. The first-order chi connectivity index (χ1) is 9.84. The number of likely N-dealkylation sites (N-methyl/N-ethyl adjacent to an activating group) is 1. The average molecular weight is 263 g/mol. The van der Waals surface area contributed by atoms with Crippen molar-refractivity contribution < 1.29 is 0 Å². The van der Waals surface area contributed by atoms with Gasteiger partial charge in [-0.2, -0.15) is 0 Å². The monoisotopic (exact) mass is 263 g/mol. The highest BCUT2D eigenvalue weighted by Crippen LogP contribution is 2.47. The SMILES string of the molecule is CN1CCC2c3ccccc3C(c3ccccc3)C[C@@H]21. The van der Waals surface area contributed by atoms with Gasteiger partial charge in [0.1, 0.15) is 0 Å². The topological polar surface area (TPSA) is 3.24 Å². The largest absolute Gasteiger partial charge is 0.303 e. The molecule has 3 atom stereocenters. The molecule has 2 aromatic rings. The molecule has 0 aromatic heterocycles. The Kier molecular flexibility index (Phi) is 2.89. The van der Waals surface area contributed by atoms with Gasteiger partial charge in [-0.25, -0.2) is 0 Å². The van der Waals surface area contributed by atoms with Gasteiger partial charge in [0.15, 0.2) is 0 Å². The van der Waals surface area contributed by atoms with Crippen LogP contribution in [-0.2, 0) is 0 Å². The first-order valence-electron chi connectivity index (χ1n) is 7.68. The quantitative estimate of drug-likeness (QED) is 0.751. The van der Waals surface area contributed by atoms with Gasteiger partial charge in [-0.1, -0.05) is 54.6 Å². The van der Waals surface area contributed by atoms with E-state index >= 15 is 0 Å². The Labute approximate surface area is 121 Å². The van der Waals surface area contributed by atoms with Crippen molar-refractivity contribution in [3.63, 3.8) is 0 Å². The summed E-state index contributed by atoms with van der Waals surface area (Å²) >= 11 is 0. The Morgan fingerprint density at radius 3 is 2.40 bits per heavy atom. The van der Waals surface area contributed by atoms with E-state index in [4.69, 9.17) is 0 Å². The van der Waals surface area contributed by atoms with Crippen LogP contribution in [0.1, 0.15) is 41.4 Å². The van der Waals surface area contributed by atoms with Crippen LogP contribution in [0.4, 0.5) is 0 Å². The predicted molar refractivity (Wildman–Crippen MR) is 83.1 cm³/mol. The van der Waals surface area contributed by atoms with E-state index in [9.17, 15) is 0 Å². The fraction of sp³-hybridized carbons (Fsp3) is 0.368. The van der Waals surface area contributed by atoms with Crippen LogP contribution in [0.15, 0.2) is 54.6 Å². The summed E-state index contributed by atoms with van der Waals surface area (Å²) in [4.78, 5) is 2.57. The minimum atomic E-state index is 0.564. The third kappa shape index (κ3) is 1.81.